The highest BCUT2D eigenvalue weighted by molar-refractivity contribution is 5.90. The summed E-state index contributed by atoms with van der Waals surface area (Å²) in [5.74, 6) is -1.41. The summed E-state index contributed by atoms with van der Waals surface area (Å²) >= 11 is 0. The van der Waals surface area contributed by atoms with Crippen molar-refractivity contribution in [1.29, 1.82) is 0 Å². The molecule has 6 heteroatoms. The molecule has 21 heavy (non-hydrogen) atoms. The third-order valence-electron chi connectivity index (χ3n) is 3.27. The van der Waals surface area contributed by atoms with Gasteiger partial charge in [0, 0.05) is 17.9 Å². The minimum Gasteiger partial charge on any atom is -0.455 e. The zero-order chi connectivity index (χ0) is 15.4. The number of carbonyl (C=O) groups is 1. The number of hydrogen-bond acceptors (Lipinski definition) is 4. The van der Waals surface area contributed by atoms with E-state index in [4.69, 9.17) is 10.5 Å². The molecule has 0 aliphatic heterocycles. The molecular weight excluding hydrogens is 273 g/mol. The summed E-state index contributed by atoms with van der Waals surface area (Å²) in [6.07, 6.45) is 2.79. The van der Waals surface area contributed by atoms with E-state index in [1.54, 1.807) is 6.07 Å². The smallest absolute Gasteiger partial charge is 0.341 e. The summed E-state index contributed by atoms with van der Waals surface area (Å²) in [5.41, 5.74) is 6.29. The summed E-state index contributed by atoms with van der Waals surface area (Å²) in [4.78, 5) is 11.8. The zero-order valence-corrected chi connectivity index (χ0v) is 12.0. The Kier molecular flexibility index (Phi) is 4.57. The number of anilines is 1. The van der Waals surface area contributed by atoms with Crippen molar-refractivity contribution in [2.45, 2.75) is 32.9 Å². The van der Waals surface area contributed by atoms with E-state index >= 15 is 0 Å². The van der Waals surface area contributed by atoms with E-state index in [-0.39, 0.29) is 18.2 Å². The Bertz CT molecular complexity index is 640. The van der Waals surface area contributed by atoms with Gasteiger partial charge in [0.1, 0.15) is 12.4 Å². The molecule has 1 aromatic carbocycles. The van der Waals surface area contributed by atoms with Gasteiger partial charge in [-0.2, -0.15) is 5.10 Å². The molecule has 0 aliphatic rings. The molecule has 0 saturated carbocycles. The maximum absolute atomic E-state index is 13.5. The molecule has 1 aromatic heterocycles. The van der Waals surface area contributed by atoms with E-state index in [0.717, 1.165) is 12.5 Å². The van der Waals surface area contributed by atoms with Crippen LogP contribution in [-0.2, 0) is 11.3 Å². The first kappa shape index (κ1) is 15.0. The van der Waals surface area contributed by atoms with Crippen LogP contribution in [-0.4, -0.2) is 15.7 Å². The molecule has 0 aliphatic carbocycles. The number of esters is 1. The fraction of sp³-hybridized carbons (Fsp3) is 0.333. The standard InChI is InChI=1S/C15H18FN3O2/c1-3-10(2)19-7-6-12(18-19)9-21-15(20)13-8-11(17)4-5-14(13)16/h4-8,10H,3,9,17H2,1-2H3. The number of halogens is 1. The van der Waals surface area contributed by atoms with Gasteiger partial charge in [-0.25, -0.2) is 9.18 Å². The molecular formula is C15H18FN3O2. The van der Waals surface area contributed by atoms with Gasteiger partial charge in [-0.3, -0.25) is 4.68 Å². The molecule has 1 atom stereocenters. The fourth-order valence-electron chi connectivity index (χ4n) is 1.80. The van der Waals surface area contributed by atoms with Crippen LogP contribution in [0.1, 0.15) is 42.4 Å². The van der Waals surface area contributed by atoms with E-state index in [0.29, 0.717) is 11.4 Å². The summed E-state index contributed by atoms with van der Waals surface area (Å²) in [6, 6.07) is 5.84. The Hall–Kier alpha value is -2.37. The number of rotatable bonds is 5. The second kappa shape index (κ2) is 6.39. The normalized spacial score (nSPS) is 12.1. The van der Waals surface area contributed by atoms with Crippen molar-refractivity contribution >= 4 is 11.7 Å². The summed E-state index contributed by atoms with van der Waals surface area (Å²) in [7, 11) is 0. The number of benzene rings is 1. The van der Waals surface area contributed by atoms with Crippen LogP contribution in [0.4, 0.5) is 10.1 Å². The van der Waals surface area contributed by atoms with Gasteiger partial charge in [-0.15, -0.1) is 0 Å². The van der Waals surface area contributed by atoms with E-state index in [9.17, 15) is 9.18 Å². The molecule has 2 aromatic rings. The average Bonchev–Trinajstić information content (AvgIpc) is 2.95. The van der Waals surface area contributed by atoms with Gasteiger partial charge in [-0.1, -0.05) is 6.92 Å². The van der Waals surface area contributed by atoms with Crippen LogP contribution in [0.2, 0.25) is 0 Å². The Morgan fingerprint density at radius 1 is 1.48 bits per heavy atom. The highest BCUT2D eigenvalue weighted by Crippen LogP contribution is 2.14. The highest BCUT2D eigenvalue weighted by Gasteiger charge is 2.14. The maximum atomic E-state index is 13.5. The molecule has 1 heterocycles. The first-order valence-corrected chi connectivity index (χ1v) is 6.77. The van der Waals surface area contributed by atoms with E-state index in [1.165, 1.54) is 12.1 Å². The Morgan fingerprint density at radius 3 is 2.95 bits per heavy atom. The molecule has 0 radical (unpaired) electrons. The van der Waals surface area contributed by atoms with Crippen molar-refractivity contribution in [3.63, 3.8) is 0 Å². The Balaban J connectivity index is 2.01. The lowest BCUT2D eigenvalue weighted by molar-refractivity contribution is 0.0461. The summed E-state index contributed by atoms with van der Waals surface area (Å²) in [5, 5.41) is 4.31. The minimum absolute atomic E-state index is 0.00347. The molecule has 0 spiro atoms. The van der Waals surface area contributed by atoms with Gasteiger partial charge in [-0.05, 0) is 37.6 Å². The maximum Gasteiger partial charge on any atom is 0.341 e. The molecule has 112 valence electrons. The van der Waals surface area contributed by atoms with Gasteiger partial charge in [0.25, 0.3) is 0 Å². The number of aromatic nitrogens is 2. The van der Waals surface area contributed by atoms with Crippen molar-refractivity contribution < 1.29 is 13.9 Å². The van der Waals surface area contributed by atoms with Crippen molar-refractivity contribution in [2.24, 2.45) is 0 Å². The van der Waals surface area contributed by atoms with Crippen molar-refractivity contribution in [1.82, 2.24) is 9.78 Å². The van der Waals surface area contributed by atoms with E-state index < -0.39 is 11.8 Å². The molecule has 1 unspecified atom stereocenters. The SMILES string of the molecule is CCC(C)n1ccc(COC(=O)c2cc(N)ccc2F)n1. The fourth-order valence-corrected chi connectivity index (χ4v) is 1.80. The van der Waals surface area contributed by atoms with Crippen LogP contribution in [0.15, 0.2) is 30.5 Å². The van der Waals surface area contributed by atoms with Gasteiger partial charge in [0.05, 0.1) is 11.3 Å². The zero-order valence-electron chi connectivity index (χ0n) is 12.0. The van der Waals surface area contributed by atoms with Gasteiger partial charge < -0.3 is 10.5 Å². The molecule has 5 nitrogen and oxygen atoms in total. The molecule has 2 N–H and O–H groups in total. The second-order valence-corrected chi connectivity index (χ2v) is 4.86. The topological polar surface area (TPSA) is 70.1 Å². The average molecular weight is 291 g/mol. The van der Waals surface area contributed by atoms with Gasteiger partial charge >= 0.3 is 5.97 Å². The Labute approximate surface area is 122 Å². The van der Waals surface area contributed by atoms with Crippen LogP contribution >= 0.6 is 0 Å². The minimum atomic E-state index is -0.752. The van der Waals surface area contributed by atoms with Crippen LogP contribution in [0.3, 0.4) is 0 Å². The van der Waals surface area contributed by atoms with Crippen LogP contribution in [0.5, 0.6) is 0 Å². The Morgan fingerprint density at radius 2 is 2.24 bits per heavy atom. The molecule has 2 rings (SSSR count). The lowest BCUT2D eigenvalue weighted by Gasteiger charge is -2.08. The predicted octanol–water partition coefficient (Wildman–Crippen LogP) is 2.93. The largest absolute Gasteiger partial charge is 0.455 e. The molecule has 0 amide bonds. The van der Waals surface area contributed by atoms with Crippen molar-refractivity contribution in [3.05, 3.63) is 47.5 Å². The lowest BCUT2D eigenvalue weighted by atomic mass is 10.2. The number of ether oxygens (including phenoxy) is 1. The number of nitrogens with zero attached hydrogens (tertiary/aromatic N) is 2. The first-order chi connectivity index (χ1) is 10.0. The summed E-state index contributed by atoms with van der Waals surface area (Å²) in [6.45, 7) is 4.11. The number of hydrogen-bond donors (Lipinski definition) is 1. The van der Waals surface area contributed by atoms with E-state index in [2.05, 4.69) is 12.0 Å². The number of carbonyl (C=O) groups excluding carboxylic acids is 1. The lowest BCUT2D eigenvalue weighted by Crippen LogP contribution is -2.09. The summed E-state index contributed by atoms with van der Waals surface area (Å²) < 4.78 is 20.4. The van der Waals surface area contributed by atoms with Crippen molar-refractivity contribution in [3.8, 4) is 0 Å². The van der Waals surface area contributed by atoms with Crippen LogP contribution < -0.4 is 5.73 Å². The molecule has 0 fully saturated rings. The van der Waals surface area contributed by atoms with Gasteiger partial charge in [0.2, 0.25) is 0 Å². The van der Waals surface area contributed by atoms with Crippen LogP contribution in [0, 0.1) is 5.82 Å². The van der Waals surface area contributed by atoms with Crippen molar-refractivity contribution in [2.75, 3.05) is 5.73 Å². The third kappa shape index (κ3) is 3.59. The third-order valence-corrected chi connectivity index (χ3v) is 3.27. The number of nitrogens with two attached hydrogens (primary N) is 1. The second-order valence-electron chi connectivity index (χ2n) is 4.86. The first-order valence-electron chi connectivity index (χ1n) is 6.77. The van der Waals surface area contributed by atoms with Crippen LogP contribution in [0.25, 0.3) is 0 Å². The molecule has 0 bridgehead atoms. The van der Waals surface area contributed by atoms with Gasteiger partial charge in [0.15, 0.2) is 0 Å². The quantitative estimate of drug-likeness (QED) is 0.679. The highest BCUT2D eigenvalue weighted by atomic mass is 19.1. The molecule has 0 saturated heterocycles. The predicted molar refractivity (Wildman–Crippen MR) is 77.2 cm³/mol. The number of nitrogen functional groups attached to an aromatic ring is 1. The monoisotopic (exact) mass is 291 g/mol. The van der Waals surface area contributed by atoms with E-state index in [1.807, 2.05) is 17.8 Å².